The smallest absolute Gasteiger partial charge is 0.248 e. The molecule has 0 saturated heterocycles. The van der Waals surface area contributed by atoms with Crippen LogP contribution in [-0.4, -0.2) is 18.0 Å². The van der Waals surface area contributed by atoms with Crippen molar-refractivity contribution >= 4 is 64.0 Å². The molecule has 0 radical (unpaired) electrons. The molecule has 7 heteroatoms. The highest BCUT2D eigenvalue weighted by Crippen LogP contribution is 2.38. The number of fused-ring (bicyclic) bond motifs is 2. The van der Waals surface area contributed by atoms with Gasteiger partial charge in [-0.25, -0.2) is 0 Å². The zero-order chi connectivity index (χ0) is 24.2. The van der Waals surface area contributed by atoms with Gasteiger partial charge in [0, 0.05) is 27.9 Å². The van der Waals surface area contributed by atoms with Crippen molar-refractivity contribution in [1.29, 1.82) is 0 Å². The molecule has 0 spiro atoms. The van der Waals surface area contributed by atoms with Crippen molar-refractivity contribution in [2.24, 2.45) is 0 Å². The molecule has 0 atom stereocenters. The molecule has 1 heterocycles. The number of aryl methyl sites for hydroxylation is 1. The minimum absolute atomic E-state index is 0. The van der Waals surface area contributed by atoms with Gasteiger partial charge in [0.15, 0.2) is 0 Å². The summed E-state index contributed by atoms with van der Waals surface area (Å²) in [6, 6.07) is 21.1. The molecule has 3 aromatic carbocycles. The van der Waals surface area contributed by atoms with Crippen molar-refractivity contribution in [1.82, 2.24) is 4.98 Å². The number of methoxy groups -OCH3 is 1. The number of halogens is 2. The van der Waals surface area contributed by atoms with E-state index in [9.17, 15) is 4.79 Å². The number of nitrogens with one attached hydrogen (secondary N) is 2. The third-order valence-corrected chi connectivity index (χ3v) is 6.56. The van der Waals surface area contributed by atoms with E-state index in [2.05, 4.69) is 10.6 Å². The maximum Gasteiger partial charge on any atom is 0.248 e. The molecule has 0 unspecified atom stereocenters. The minimum atomic E-state index is -0.227. The molecule has 0 aliphatic heterocycles. The van der Waals surface area contributed by atoms with Crippen LogP contribution in [-0.2, 0) is 17.6 Å². The monoisotopic (exact) mass is 519 g/mol. The average molecular weight is 520 g/mol. The summed E-state index contributed by atoms with van der Waals surface area (Å²) >= 11 is 6.19. The fraction of sp³-hybridized carbons (Fsp3) is 0.172. The average Bonchev–Trinajstić information content (AvgIpc) is 2.88. The van der Waals surface area contributed by atoms with Gasteiger partial charge in [-0.1, -0.05) is 41.9 Å². The number of carbonyl (C=O) groups excluding carboxylic acids is 1. The first-order valence-corrected chi connectivity index (χ1v) is 12.1. The molecule has 2 N–H and O–H groups in total. The Morgan fingerprint density at radius 3 is 2.64 bits per heavy atom. The van der Waals surface area contributed by atoms with Gasteiger partial charge in [-0.05, 0) is 79.3 Å². The molecule has 1 aromatic heterocycles. The molecular formula is C29H27Cl2N3O2. The van der Waals surface area contributed by atoms with Crippen LogP contribution in [0.4, 0.5) is 17.1 Å². The van der Waals surface area contributed by atoms with Gasteiger partial charge >= 0.3 is 0 Å². The van der Waals surface area contributed by atoms with Crippen LogP contribution in [0.25, 0.3) is 17.0 Å². The Morgan fingerprint density at radius 1 is 1.03 bits per heavy atom. The minimum Gasteiger partial charge on any atom is -0.495 e. The number of nitrogens with zero attached hydrogens (tertiary/aromatic N) is 1. The van der Waals surface area contributed by atoms with Crippen LogP contribution in [0, 0.1) is 0 Å². The summed E-state index contributed by atoms with van der Waals surface area (Å²) in [6.07, 6.45) is 7.41. The van der Waals surface area contributed by atoms with Crippen LogP contribution in [0.3, 0.4) is 0 Å². The largest absolute Gasteiger partial charge is 0.495 e. The zero-order valence-corrected chi connectivity index (χ0v) is 21.5. The molecule has 0 fully saturated rings. The Balaban J connectivity index is 0.00000304. The maximum atomic E-state index is 12.6. The highest BCUT2D eigenvalue weighted by atomic mass is 35.5. The predicted octanol–water partition coefficient (Wildman–Crippen LogP) is 7.59. The standard InChI is InChI=1S/C29H26ClN3O2.ClH/c1-35-27-13-7-6-12-26(27)33-29-21-9-3-5-11-24(21)32-25-16-15-20(18-22(25)29)31-28(34)17-14-19-8-2-4-10-23(19)30;/h2,4,6-8,10,12-18H,3,5,9,11H2,1H3,(H,31,34)(H,32,33);1H/b17-14+;. The van der Waals surface area contributed by atoms with Crippen molar-refractivity contribution in [2.75, 3.05) is 17.7 Å². The van der Waals surface area contributed by atoms with Crippen molar-refractivity contribution in [3.05, 3.63) is 94.6 Å². The van der Waals surface area contributed by atoms with E-state index in [1.807, 2.05) is 60.7 Å². The normalized spacial score (nSPS) is 12.6. The van der Waals surface area contributed by atoms with Crippen LogP contribution in [0.15, 0.2) is 72.8 Å². The first-order chi connectivity index (χ1) is 17.1. The van der Waals surface area contributed by atoms with Crippen molar-refractivity contribution in [2.45, 2.75) is 25.7 Å². The van der Waals surface area contributed by atoms with Crippen LogP contribution in [0.1, 0.15) is 29.7 Å². The van der Waals surface area contributed by atoms with E-state index in [4.69, 9.17) is 21.3 Å². The number of para-hydroxylation sites is 2. The predicted molar refractivity (Wildman–Crippen MR) is 151 cm³/mol. The summed E-state index contributed by atoms with van der Waals surface area (Å²) in [7, 11) is 1.67. The van der Waals surface area contributed by atoms with Gasteiger partial charge in [0.1, 0.15) is 5.75 Å². The Bertz CT molecular complexity index is 1440. The topological polar surface area (TPSA) is 63.2 Å². The lowest BCUT2D eigenvalue weighted by atomic mass is 9.92. The van der Waals surface area contributed by atoms with Gasteiger partial charge in [0.2, 0.25) is 5.91 Å². The van der Waals surface area contributed by atoms with E-state index in [1.54, 1.807) is 19.3 Å². The van der Waals surface area contributed by atoms with Crippen LogP contribution in [0.2, 0.25) is 5.02 Å². The summed E-state index contributed by atoms with van der Waals surface area (Å²) in [4.78, 5) is 17.6. The fourth-order valence-electron chi connectivity index (χ4n) is 4.49. The summed E-state index contributed by atoms with van der Waals surface area (Å²) in [5.74, 6) is 0.547. The second-order valence-electron chi connectivity index (χ2n) is 8.52. The van der Waals surface area contributed by atoms with Crippen LogP contribution in [0.5, 0.6) is 5.75 Å². The number of hydrogen-bond donors (Lipinski definition) is 2. The number of carbonyl (C=O) groups is 1. The first kappa shape index (κ1) is 25.5. The SMILES string of the molecule is COc1ccccc1Nc1c2c(nc3ccc(NC(=O)/C=C/c4ccccc4Cl)cc13)CCCC2.Cl. The Kier molecular flexibility index (Phi) is 8.14. The van der Waals surface area contributed by atoms with Crippen LogP contribution >= 0.6 is 24.0 Å². The van der Waals surface area contributed by atoms with E-state index in [0.717, 1.165) is 65.0 Å². The number of rotatable bonds is 6. The Hall–Kier alpha value is -3.54. The number of pyridine rings is 1. The van der Waals surface area contributed by atoms with E-state index in [0.29, 0.717) is 10.7 Å². The lowest BCUT2D eigenvalue weighted by molar-refractivity contribution is -0.111. The summed E-state index contributed by atoms with van der Waals surface area (Å²) in [5, 5.41) is 8.15. The van der Waals surface area contributed by atoms with Crippen molar-refractivity contribution in [3.63, 3.8) is 0 Å². The summed E-state index contributed by atoms with van der Waals surface area (Å²) < 4.78 is 5.57. The quantitative estimate of drug-likeness (QED) is 0.257. The second-order valence-corrected chi connectivity index (χ2v) is 8.93. The first-order valence-electron chi connectivity index (χ1n) is 11.7. The molecule has 1 aliphatic rings. The number of amides is 1. The lowest BCUT2D eigenvalue weighted by Gasteiger charge is -2.22. The number of aromatic nitrogens is 1. The van der Waals surface area contributed by atoms with Gasteiger partial charge in [0.05, 0.1) is 24.0 Å². The van der Waals surface area contributed by atoms with Crippen molar-refractivity contribution < 1.29 is 9.53 Å². The molecule has 0 bridgehead atoms. The molecule has 5 nitrogen and oxygen atoms in total. The molecule has 184 valence electrons. The molecule has 5 rings (SSSR count). The number of hydrogen-bond acceptors (Lipinski definition) is 4. The second kappa shape index (κ2) is 11.5. The van der Waals surface area contributed by atoms with Crippen LogP contribution < -0.4 is 15.4 Å². The highest BCUT2D eigenvalue weighted by molar-refractivity contribution is 6.32. The number of anilines is 3. The van der Waals surface area contributed by atoms with E-state index in [1.165, 1.54) is 11.6 Å². The molecular weight excluding hydrogens is 493 g/mol. The van der Waals surface area contributed by atoms with Gasteiger partial charge < -0.3 is 15.4 Å². The zero-order valence-electron chi connectivity index (χ0n) is 19.9. The maximum absolute atomic E-state index is 12.6. The number of ether oxygens (including phenoxy) is 1. The number of benzene rings is 3. The summed E-state index contributed by atoms with van der Waals surface area (Å²) in [5.41, 5.74) is 6.68. The Labute approximate surface area is 222 Å². The third-order valence-electron chi connectivity index (χ3n) is 6.22. The molecule has 1 amide bonds. The molecule has 0 saturated carbocycles. The van der Waals surface area contributed by atoms with E-state index in [-0.39, 0.29) is 18.3 Å². The fourth-order valence-corrected chi connectivity index (χ4v) is 4.69. The molecule has 36 heavy (non-hydrogen) atoms. The van der Waals surface area contributed by atoms with Gasteiger partial charge in [-0.2, -0.15) is 0 Å². The lowest BCUT2D eigenvalue weighted by Crippen LogP contribution is -2.11. The highest BCUT2D eigenvalue weighted by Gasteiger charge is 2.19. The summed E-state index contributed by atoms with van der Waals surface area (Å²) in [6.45, 7) is 0. The molecule has 1 aliphatic carbocycles. The van der Waals surface area contributed by atoms with Gasteiger partial charge in [0.25, 0.3) is 0 Å². The third kappa shape index (κ3) is 5.48. The van der Waals surface area contributed by atoms with Gasteiger partial charge in [-0.15, -0.1) is 12.4 Å². The van der Waals surface area contributed by atoms with E-state index >= 15 is 0 Å². The van der Waals surface area contributed by atoms with Crippen molar-refractivity contribution in [3.8, 4) is 5.75 Å². The Morgan fingerprint density at radius 2 is 1.81 bits per heavy atom. The van der Waals surface area contributed by atoms with E-state index < -0.39 is 0 Å². The molecule has 4 aromatic rings. The van der Waals surface area contributed by atoms with Gasteiger partial charge in [-0.3, -0.25) is 9.78 Å².